The zero-order valence-electron chi connectivity index (χ0n) is 51.9. The highest BCUT2D eigenvalue weighted by molar-refractivity contribution is 5.92. The Kier molecular flexibility index (Phi) is 14.5. The van der Waals surface area contributed by atoms with Gasteiger partial charge in [0.2, 0.25) is 0 Å². The van der Waals surface area contributed by atoms with Gasteiger partial charge in [0, 0.05) is 22.7 Å². The third-order valence-electron chi connectivity index (χ3n) is 17.8. The van der Waals surface area contributed by atoms with E-state index in [9.17, 15) is 10.5 Å². The average Bonchev–Trinajstić information content (AvgIpc) is 0.839. The van der Waals surface area contributed by atoms with E-state index in [0.29, 0.717) is 11.1 Å². The summed E-state index contributed by atoms with van der Waals surface area (Å²) in [5.41, 5.74) is 25.7. The van der Waals surface area contributed by atoms with E-state index in [-0.39, 0.29) is 33.6 Å². The number of allylic oxidation sites excluding steroid dienone is 10. The summed E-state index contributed by atoms with van der Waals surface area (Å²) in [6, 6.07) is 70.8. The molecule has 8 aromatic rings. The smallest absolute Gasteiger partial charge is 0.101 e. The van der Waals surface area contributed by atoms with Gasteiger partial charge in [0.15, 0.2) is 0 Å². The van der Waals surface area contributed by atoms with E-state index in [0.717, 1.165) is 84.1 Å². The van der Waals surface area contributed by atoms with Crippen molar-refractivity contribution in [2.45, 2.75) is 111 Å². The van der Waals surface area contributed by atoms with Crippen LogP contribution in [0, 0.1) is 28.6 Å². The summed E-state index contributed by atoms with van der Waals surface area (Å²) in [6.45, 7) is 27.1. The van der Waals surface area contributed by atoms with E-state index in [4.69, 9.17) is 0 Å². The van der Waals surface area contributed by atoms with Crippen molar-refractivity contribution in [2.75, 3.05) is 9.80 Å². The van der Waals surface area contributed by atoms with Crippen molar-refractivity contribution in [2.24, 2.45) is 5.92 Å². The van der Waals surface area contributed by atoms with Crippen molar-refractivity contribution in [1.29, 1.82) is 10.5 Å². The van der Waals surface area contributed by atoms with Crippen LogP contribution >= 0.6 is 0 Å². The lowest BCUT2D eigenvalue weighted by Crippen LogP contribution is -2.38. The summed E-state index contributed by atoms with van der Waals surface area (Å²) >= 11 is 0. The van der Waals surface area contributed by atoms with Crippen molar-refractivity contribution in [3.05, 3.63) is 298 Å². The van der Waals surface area contributed by atoms with Crippen molar-refractivity contribution in [3.8, 4) is 56.6 Å². The quantitative estimate of drug-likeness (QED) is 0.137. The van der Waals surface area contributed by atoms with E-state index in [1.54, 1.807) is 0 Å². The molecule has 0 saturated heterocycles. The van der Waals surface area contributed by atoms with E-state index in [1.165, 1.54) is 39.0 Å². The van der Waals surface area contributed by atoms with Crippen LogP contribution in [0.15, 0.2) is 264 Å². The number of hydrogen-bond acceptors (Lipinski definition) is 4. The highest BCUT2D eigenvalue weighted by atomic mass is 15.2. The van der Waals surface area contributed by atoms with Gasteiger partial charge < -0.3 is 9.80 Å². The first-order valence-electron chi connectivity index (χ1n) is 30.3. The van der Waals surface area contributed by atoms with Crippen molar-refractivity contribution < 1.29 is 0 Å². The molecular weight excluding hydrogens is 1040 g/mol. The molecule has 0 aliphatic heterocycles. The molecular formula is C82H76N4. The second kappa shape index (κ2) is 21.9. The minimum atomic E-state index is -0.309. The molecule has 12 rings (SSSR count). The molecule has 2 unspecified atom stereocenters. The number of hydrogen-bond donors (Lipinski definition) is 0. The summed E-state index contributed by atoms with van der Waals surface area (Å²) in [4.78, 5) is 4.75. The van der Waals surface area contributed by atoms with Gasteiger partial charge in [-0.05, 0) is 160 Å². The molecule has 86 heavy (non-hydrogen) atoms. The topological polar surface area (TPSA) is 54.1 Å². The van der Waals surface area contributed by atoms with E-state index in [2.05, 4.69) is 305 Å². The summed E-state index contributed by atoms with van der Waals surface area (Å²) in [7, 11) is 0. The molecule has 0 saturated carbocycles. The zero-order chi connectivity index (χ0) is 60.5. The number of nitriles is 2. The molecule has 0 bridgehead atoms. The summed E-state index contributed by atoms with van der Waals surface area (Å²) in [6.07, 6.45) is 18.4. The molecule has 0 fully saturated rings. The van der Waals surface area contributed by atoms with Gasteiger partial charge in [0.05, 0.1) is 39.9 Å². The van der Waals surface area contributed by atoms with Gasteiger partial charge in [0.25, 0.3) is 0 Å². The third kappa shape index (κ3) is 10.6. The van der Waals surface area contributed by atoms with Gasteiger partial charge in [-0.1, -0.05) is 259 Å². The van der Waals surface area contributed by atoms with Gasteiger partial charge in [0.1, 0.15) is 12.1 Å². The first kappa shape index (κ1) is 57.0. The van der Waals surface area contributed by atoms with Crippen LogP contribution in [0.2, 0.25) is 0 Å². The maximum atomic E-state index is 11.0. The lowest BCUT2D eigenvalue weighted by Gasteiger charge is -2.44. The summed E-state index contributed by atoms with van der Waals surface area (Å²) in [5.74, 6) is -0.134. The highest BCUT2D eigenvalue weighted by Crippen LogP contribution is 2.54. The summed E-state index contributed by atoms with van der Waals surface area (Å²) in [5, 5.41) is 22.0. The van der Waals surface area contributed by atoms with Crippen LogP contribution < -0.4 is 9.80 Å². The van der Waals surface area contributed by atoms with Crippen molar-refractivity contribution in [3.63, 3.8) is 0 Å². The number of anilines is 4. The lowest BCUT2D eigenvalue weighted by molar-refractivity contribution is 0.590. The molecule has 4 nitrogen and oxygen atoms in total. The first-order chi connectivity index (χ1) is 41.1. The van der Waals surface area contributed by atoms with Gasteiger partial charge in [-0.15, -0.1) is 0 Å². The summed E-state index contributed by atoms with van der Waals surface area (Å²) < 4.78 is 0. The lowest BCUT2D eigenvalue weighted by atomic mass is 9.67. The van der Waals surface area contributed by atoms with Crippen molar-refractivity contribution >= 4 is 22.7 Å². The van der Waals surface area contributed by atoms with E-state index < -0.39 is 0 Å². The minimum Gasteiger partial charge on any atom is -0.329 e. The molecule has 4 heteroatoms. The number of benzene rings is 8. The molecule has 0 radical (unpaired) electrons. The Morgan fingerprint density at radius 3 is 1.30 bits per heavy atom. The molecule has 0 heterocycles. The van der Waals surface area contributed by atoms with Crippen molar-refractivity contribution in [1.82, 2.24) is 0 Å². The predicted octanol–water partition coefficient (Wildman–Crippen LogP) is 21.4. The molecule has 424 valence electrons. The van der Waals surface area contributed by atoms with Gasteiger partial charge in [-0.3, -0.25) is 0 Å². The van der Waals surface area contributed by atoms with Crippen LogP contribution in [0.25, 0.3) is 44.5 Å². The maximum Gasteiger partial charge on any atom is 0.101 e. The Hall–Kier alpha value is -9.48. The largest absolute Gasteiger partial charge is 0.329 e. The van der Waals surface area contributed by atoms with Crippen LogP contribution in [0.3, 0.4) is 0 Å². The number of rotatable bonds is 10. The van der Waals surface area contributed by atoms with Gasteiger partial charge in [-0.2, -0.15) is 10.5 Å². The van der Waals surface area contributed by atoms with Gasteiger partial charge in [-0.25, -0.2) is 0 Å². The average molecular weight is 1120 g/mol. The molecule has 0 aromatic heterocycles. The molecule has 4 aliphatic carbocycles. The Morgan fingerprint density at radius 2 is 0.814 bits per heavy atom. The van der Waals surface area contributed by atoms with Gasteiger partial charge >= 0.3 is 0 Å². The second-order valence-electron chi connectivity index (χ2n) is 27.6. The van der Waals surface area contributed by atoms with Crippen LogP contribution in [0.4, 0.5) is 22.7 Å². The molecule has 2 atom stereocenters. The number of para-hydroxylation sites is 2. The van der Waals surface area contributed by atoms with E-state index >= 15 is 0 Å². The standard InChI is InChI=1S/C82H76N4/c1-79(2,3)63-35-21-53(22-36-63)59-33-47-75(69(49-59)55-25-39-65(40-26-55)81(7,8)9)85(71-19-15-13-17-61(71)51-83)73-45-31-57-30-44-68-74(46-32-58-29-43-67(73)77(57)78(58)68)86(72-20-16-14-18-62(72)52-84)76-48-34-60(54-23-37-64(38-24-54)80(4,5)6)50-70(76)56-27-41-66(42-28-56)82(10,11)12/h13-50,73,78H,1-12H3. The Labute approximate surface area is 511 Å². The predicted molar refractivity (Wildman–Crippen MR) is 361 cm³/mol. The fourth-order valence-electron chi connectivity index (χ4n) is 12.8. The van der Waals surface area contributed by atoms with E-state index in [1.807, 2.05) is 30.3 Å². The second-order valence-corrected chi connectivity index (χ2v) is 27.6. The Bertz CT molecular complexity index is 4300. The van der Waals surface area contributed by atoms with Crippen LogP contribution in [-0.2, 0) is 21.7 Å². The molecule has 0 spiro atoms. The minimum absolute atomic E-state index is 0.0232. The first-order valence-corrected chi connectivity index (χ1v) is 30.3. The fraction of sp³-hybridized carbons (Fsp3) is 0.220. The molecule has 0 amide bonds. The van der Waals surface area contributed by atoms with Crippen LogP contribution in [0.1, 0.15) is 116 Å². The Morgan fingerprint density at radius 1 is 0.384 bits per heavy atom. The zero-order valence-corrected chi connectivity index (χ0v) is 51.9. The normalized spacial score (nSPS) is 16.3. The highest BCUT2D eigenvalue weighted by Gasteiger charge is 2.41. The Balaban J connectivity index is 1.03. The number of nitrogens with zero attached hydrogens (tertiary/aromatic N) is 4. The SMILES string of the molecule is CC(C)(C)c1ccc(-c2ccc(N(C3=C4C=CC5=C6C(=CC=C(C=C3)C46)C(N(c3ccccc3C#N)c3ccc(-c4ccc(C(C)(C)C)cc4)cc3-c3ccc(C(C)(C)C)cc3)C=C5)c3ccccc3C#N)c(-c3ccc(C(C)(C)C)cc3)c2)cc1. The fourth-order valence-corrected chi connectivity index (χ4v) is 12.8. The molecule has 8 aromatic carbocycles. The molecule has 0 N–H and O–H groups in total. The monoisotopic (exact) mass is 1120 g/mol. The third-order valence-corrected chi connectivity index (χ3v) is 17.8. The maximum absolute atomic E-state index is 11.0. The van der Waals surface area contributed by atoms with Crippen LogP contribution in [-0.4, -0.2) is 6.04 Å². The van der Waals surface area contributed by atoms with Crippen LogP contribution in [0.5, 0.6) is 0 Å². The molecule has 4 aliphatic rings.